The lowest BCUT2D eigenvalue weighted by Crippen LogP contribution is -2.28. The summed E-state index contributed by atoms with van der Waals surface area (Å²) in [6.07, 6.45) is 0. The Bertz CT molecular complexity index is 930. The number of halogens is 1. The third kappa shape index (κ3) is 5.27. The minimum absolute atomic E-state index is 0.00370. The molecule has 0 spiro atoms. The van der Waals surface area contributed by atoms with Gasteiger partial charge in [-0.1, -0.05) is 41.0 Å². The highest BCUT2D eigenvalue weighted by Gasteiger charge is 2.16. The zero-order valence-corrected chi connectivity index (χ0v) is 17.2. The van der Waals surface area contributed by atoms with Gasteiger partial charge < -0.3 is 14.2 Å². The summed E-state index contributed by atoms with van der Waals surface area (Å²) in [4.78, 5) is 18.3. The Kier molecular flexibility index (Phi) is 6.95. The van der Waals surface area contributed by atoms with Gasteiger partial charge in [0.05, 0.1) is 24.4 Å². The molecule has 0 aliphatic rings. The van der Waals surface area contributed by atoms with Crippen molar-refractivity contribution >= 4 is 29.3 Å². The van der Waals surface area contributed by atoms with Crippen LogP contribution in [-0.2, 0) is 17.1 Å². The van der Waals surface area contributed by atoms with Gasteiger partial charge in [0.2, 0.25) is 17.6 Å². The SMILES string of the molecule is COc1ccc(CSCC(=O)N(C)Cc2nc(-c3ccccc3Cl)no2)cc1. The van der Waals surface area contributed by atoms with Gasteiger partial charge in [0.25, 0.3) is 0 Å². The second-order valence-corrected chi connectivity index (χ2v) is 7.48. The molecule has 0 unspecified atom stereocenters. The van der Waals surface area contributed by atoms with Crippen LogP contribution in [-0.4, -0.2) is 40.9 Å². The van der Waals surface area contributed by atoms with E-state index in [0.29, 0.717) is 28.1 Å². The summed E-state index contributed by atoms with van der Waals surface area (Å²) >= 11 is 7.71. The van der Waals surface area contributed by atoms with Crippen LogP contribution in [0, 0.1) is 0 Å². The Morgan fingerprint density at radius 2 is 1.96 bits per heavy atom. The average molecular weight is 418 g/mol. The van der Waals surface area contributed by atoms with E-state index in [-0.39, 0.29) is 12.5 Å². The third-order valence-electron chi connectivity index (χ3n) is 4.03. The molecule has 3 aromatic rings. The monoisotopic (exact) mass is 417 g/mol. The molecule has 0 radical (unpaired) electrons. The van der Waals surface area contributed by atoms with Crippen LogP contribution in [0.5, 0.6) is 5.75 Å². The van der Waals surface area contributed by atoms with Crippen molar-refractivity contribution in [1.82, 2.24) is 15.0 Å². The largest absolute Gasteiger partial charge is 0.497 e. The number of methoxy groups -OCH3 is 1. The summed E-state index contributed by atoms with van der Waals surface area (Å²) in [5.74, 6) is 2.71. The van der Waals surface area contributed by atoms with Crippen LogP contribution in [0.3, 0.4) is 0 Å². The lowest BCUT2D eigenvalue weighted by Gasteiger charge is -2.14. The van der Waals surface area contributed by atoms with Crippen LogP contribution in [0.25, 0.3) is 11.4 Å². The topological polar surface area (TPSA) is 68.5 Å². The van der Waals surface area contributed by atoms with Gasteiger partial charge in [-0.3, -0.25) is 4.79 Å². The fourth-order valence-electron chi connectivity index (χ4n) is 2.45. The van der Waals surface area contributed by atoms with Crippen LogP contribution in [0.4, 0.5) is 0 Å². The minimum atomic E-state index is -0.00370. The first-order valence-corrected chi connectivity index (χ1v) is 10.1. The summed E-state index contributed by atoms with van der Waals surface area (Å²) in [6, 6.07) is 15.1. The van der Waals surface area contributed by atoms with Crippen LogP contribution in [0.1, 0.15) is 11.5 Å². The third-order valence-corrected chi connectivity index (χ3v) is 5.35. The van der Waals surface area contributed by atoms with Crippen molar-refractivity contribution in [2.45, 2.75) is 12.3 Å². The van der Waals surface area contributed by atoms with Crippen LogP contribution >= 0.6 is 23.4 Å². The van der Waals surface area contributed by atoms with Gasteiger partial charge in [-0.15, -0.1) is 11.8 Å². The quantitative estimate of drug-likeness (QED) is 0.544. The number of rotatable bonds is 8. The summed E-state index contributed by atoms with van der Waals surface area (Å²) in [5.41, 5.74) is 1.84. The first-order chi connectivity index (χ1) is 13.6. The molecular formula is C20H20ClN3O3S. The maximum Gasteiger partial charge on any atom is 0.246 e. The predicted molar refractivity (Wildman–Crippen MR) is 110 cm³/mol. The second kappa shape index (κ2) is 9.61. The summed E-state index contributed by atoms with van der Waals surface area (Å²) in [6.45, 7) is 0.249. The number of nitrogens with zero attached hydrogens (tertiary/aromatic N) is 3. The zero-order valence-electron chi connectivity index (χ0n) is 15.6. The van der Waals surface area contributed by atoms with E-state index in [1.807, 2.05) is 42.5 Å². The van der Waals surface area contributed by atoms with Gasteiger partial charge in [0.15, 0.2) is 0 Å². The molecule has 28 heavy (non-hydrogen) atoms. The van der Waals surface area contributed by atoms with Crippen molar-refractivity contribution in [3.8, 4) is 17.1 Å². The van der Waals surface area contributed by atoms with Gasteiger partial charge in [0, 0.05) is 18.4 Å². The molecule has 0 atom stereocenters. The van der Waals surface area contributed by atoms with Crippen LogP contribution < -0.4 is 4.74 Å². The van der Waals surface area contributed by atoms with E-state index in [2.05, 4.69) is 10.1 Å². The standard InChI is InChI=1S/C20H20ClN3O3S/c1-24(19(25)13-28-12-14-7-9-15(26-2)10-8-14)11-18-22-20(23-27-18)16-5-3-4-6-17(16)21/h3-10H,11-13H2,1-2H3. The molecule has 0 fully saturated rings. The molecule has 6 nitrogen and oxygen atoms in total. The molecule has 146 valence electrons. The van der Waals surface area contributed by atoms with Gasteiger partial charge in [-0.25, -0.2) is 0 Å². The summed E-state index contributed by atoms with van der Waals surface area (Å²) in [7, 11) is 3.36. The molecule has 0 saturated carbocycles. The number of aromatic nitrogens is 2. The number of amides is 1. The molecule has 1 aromatic heterocycles. The molecule has 0 saturated heterocycles. The molecule has 1 amide bonds. The first kappa shape index (κ1) is 20.2. The molecule has 0 bridgehead atoms. The minimum Gasteiger partial charge on any atom is -0.497 e. The molecule has 8 heteroatoms. The number of hydrogen-bond donors (Lipinski definition) is 0. The zero-order chi connectivity index (χ0) is 19.9. The van der Waals surface area contributed by atoms with Crippen LogP contribution in [0.15, 0.2) is 53.1 Å². The number of ether oxygens (including phenoxy) is 1. The van der Waals surface area contributed by atoms with Crippen molar-refractivity contribution in [2.24, 2.45) is 0 Å². The number of thioether (sulfide) groups is 1. The lowest BCUT2D eigenvalue weighted by molar-refractivity contribution is -0.127. The maximum atomic E-state index is 12.3. The first-order valence-electron chi connectivity index (χ1n) is 8.59. The molecule has 0 aliphatic carbocycles. The number of carbonyl (C=O) groups is 1. The normalized spacial score (nSPS) is 10.7. The van der Waals surface area contributed by atoms with Crippen molar-refractivity contribution < 1.29 is 14.1 Å². The summed E-state index contributed by atoms with van der Waals surface area (Å²) < 4.78 is 10.4. The van der Waals surface area contributed by atoms with E-state index < -0.39 is 0 Å². The van der Waals surface area contributed by atoms with Crippen molar-refractivity contribution in [1.29, 1.82) is 0 Å². The molecule has 0 N–H and O–H groups in total. The fraction of sp³-hybridized carbons (Fsp3) is 0.250. The number of carbonyl (C=O) groups excluding carboxylic acids is 1. The van der Waals surface area contributed by atoms with E-state index >= 15 is 0 Å². The van der Waals surface area contributed by atoms with Gasteiger partial charge in [-0.05, 0) is 29.8 Å². The fourth-order valence-corrected chi connectivity index (χ4v) is 3.60. The number of hydrogen-bond acceptors (Lipinski definition) is 6. The number of benzene rings is 2. The van der Waals surface area contributed by atoms with E-state index in [9.17, 15) is 4.79 Å². The highest BCUT2D eigenvalue weighted by atomic mass is 35.5. The Labute approximate surface area is 172 Å². The Morgan fingerprint density at radius 1 is 1.21 bits per heavy atom. The van der Waals surface area contributed by atoms with E-state index in [1.165, 1.54) is 0 Å². The predicted octanol–water partition coefficient (Wildman–Crippen LogP) is 4.29. The summed E-state index contributed by atoms with van der Waals surface area (Å²) in [5, 5.41) is 4.50. The Balaban J connectivity index is 1.49. The van der Waals surface area contributed by atoms with Gasteiger partial charge >= 0.3 is 0 Å². The van der Waals surface area contributed by atoms with Crippen molar-refractivity contribution in [2.75, 3.05) is 19.9 Å². The van der Waals surface area contributed by atoms with E-state index in [4.69, 9.17) is 20.9 Å². The Hall–Kier alpha value is -2.51. The lowest BCUT2D eigenvalue weighted by atomic mass is 10.2. The van der Waals surface area contributed by atoms with E-state index in [1.54, 1.807) is 36.9 Å². The highest BCUT2D eigenvalue weighted by molar-refractivity contribution is 7.99. The van der Waals surface area contributed by atoms with Crippen molar-refractivity contribution in [3.63, 3.8) is 0 Å². The van der Waals surface area contributed by atoms with Crippen LogP contribution in [0.2, 0.25) is 5.02 Å². The molecule has 0 aliphatic heterocycles. The van der Waals surface area contributed by atoms with Gasteiger partial charge in [-0.2, -0.15) is 4.98 Å². The molecule has 3 rings (SSSR count). The molecule has 2 aromatic carbocycles. The Morgan fingerprint density at radius 3 is 2.68 bits per heavy atom. The highest BCUT2D eigenvalue weighted by Crippen LogP contribution is 2.25. The molecule has 1 heterocycles. The molecular weight excluding hydrogens is 398 g/mol. The average Bonchev–Trinajstić information content (AvgIpc) is 3.17. The van der Waals surface area contributed by atoms with Crippen molar-refractivity contribution in [3.05, 3.63) is 65.0 Å². The smallest absolute Gasteiger partial charge is 0.246 e. The second-order valence-electron chi connectivity index (χ2n) is 6.08. The van der Waals surface area contributed by atoms with E-state index in [0.717, 1.165) is 17.1 Å². The maximum absolute atomic E-state index is 12.3. The van der Waals surface area contributed by atoms with Gasteiger partial charge in [0.1, 0.15) is 5.75 Å².